The van der Waals surface area contributed by atoms with E-state index < -0.39 is 0 Å². The molecule has 1 saturated heterocycles. The van der Waals surface area contributed by atoms with Crippen molar-refractivity contribution in [1.82, 2.24) is 14.5 Å². The summed E-state index contributed by atoms with van der Waals surface area (Å²) < 4.78 is 7.57. The van der Waals surface area contributed by atoms with E-state index in [-0.39, 0.29) is 11.8 Å². The van der Waals surface area contributed by atoms with Gasteiger partial charge >= 0.3 is 0 Å². The van der Waals surface area contributed by atoms with Crippen LogP contribution in [0, 0.1) is 5.92 Å². The summed E-state index contributed by atoms with van der Waals surface area (Å²) in [5, 5.41) is 4.21. The normalized spacial score (nSPS) is 21.6. The van der Waals surface area contributed by atoms with Gasteiger partial charge in [-0.2, -0.15) is 11.3 Å². The molecule has 0 radical (unpaired) electrons. The zero-order chi connectivity index (χ0) is 14.9. The van der Waals surface area contributed by atoms with Crippen LogP contribution in [0.3, 0.4) is 0 Å². The minimum absolute atomic E-state index is 0.0668. The third-order valence-electron chi connectivity index (χ3n) is 4.55. The van der Waals surface area contributed by atoms with Gasteiger partial charge in [-0.25, -0.2) is 4.98 Å². The van der Waals surface area contributed by atoms with Gasteiger partial charge in [0.15, 0.2) is 0 Å². The monoisotopic (exact) mass is 317 g/mol. The Kier molecular flexibility index (Phi) is 3.72. The van der Waals surface area contributed by atoms with Crippen LogP contribution in [0.4, 0.5) is 0 Å². The first-order valence-electron chi connectivity index (χ1n) is 7.76. The largest absolute Gasteiger partial charge is 0.378 e. The standard InChI is InChI=1S/C16H19N3O2S/c20-16(18-4-6-21-7-5-18)12-1-2-15-17-9-14(19(15)10-12)13-3-8-22-11-13/h3,8-9,11-12H,1-2,4-7,10H2. The highest BCUT2D eigenvalue weighted by Crippen LogP contribution is 2.29. The fraction of sp³-hybridized carbons (Fsp3) is 0.500. The van der Waals surface area contributed by atoms with E-state index in [4.69, 9.17) is 4.74 Å². The van der Waals surface area contributed by atoms with Crippen molar-refractivity contribution in [3.05, 3.63) is 28.8 Å². The minimum atomic E-state index is 0.0668. The summed E-state index contributed by atoms with van der Waals surface area (Å²) in [5.74, 6) is 1.45. The van der Waals surface area contributed by atoms with Gasteiger partial charge in [-0.3, -0.25) is 4.79 Å². The summed E-state index contributed by atoms with van der Waals surface area (Å²) in [6.45, 7) is 3.52. The summed E-state index contributed by atoms with van der Waals surface area (Å²) in [4.78, 5) is 19.2. The summed E-state index contributed by atoms with van der Waals surface area (Å²) in [6, 6.07) is 2.11. The molecule has 0 aromatic carbocycles. The number of rotatable bonds is 2. The van der Waals surface area contributed by atoms with E-state index in [1.807, 2.05) is 11.1 Å². The first-order valence-corrected chi connectivity index (χ1v) is 8.71. The van der Waals surface area contributed by atoms with E-state index >= 15 is 0 Å². The van der Waals surface area contributed by atoms with Crippen molar-refractivity contribution in [2.45, 2.75) is 19.4 Å². The maximum Gasteiger partial charge on any atom is 0.227 e. The zero-order valence-corrected chi connectivity index (χ0v) is 13.2. The number of fused-ring (bicyclic) bond motifs is 1. The quantitative estimate of drug-likeness (QED) is 0.851. The molecule has 2 aliphatic rings. The molecular weight excluding hydrogens is 298 g/mol. The SMILES string of the molecule is O=C(C1CCc2ncc(-c3ccsc3)n2C1)N1CCOCC1. The van der Waals surface area contributed by atoms with E-state index in [0.29, 0.717) is 13.2 Å². The Hall–Kier alpha value is -1.66. The molecule has 1 atom stereocenters. The fourth-order valence-electron chi connectivity index (χ4n) is 3.32. The van der Waals surface area contributed by atoms with E-state index in [9.17, 15) is 4.79 Å². The molecule has 4 rings (SSSR count). The van der Waals surface area contributed by atoms with Gasteiger partial charge in [-0.05, 0) is 17.9 Å². The summed E-state index contributed by atoms with van der Waals surface area (Å²) in [6.07, 6.45) is 3.72. The smallest absolute Gasteiger partial charge is 0.227 e. The number of morpholine rings is 1. The van der Waals surface area contributed by atoms with Gasteiger partial charge in [0.2, 0.25) is 5.91 Å². The Morgan fingerprint density at radius 2 is 2.23 bits per heavy atom. The topological polar surface area (TPSA) is 47.4 Å². The van der Waals surface area contributed by atoms with Crippen molar-refractivity contribution in [1.29, 1.82) is 0 Å². The zero-order valence-electron chi connectivity index (χ0n) is 12.4. The molecule has 0 saturated carbocycles. The van der Waals surface area contributed by atoms with Crippen molar-refractivity contribution < 1.29 is 9.53 Å². The van der Waals surface area contributed by atoms with Crippen molar-refractivity contribution in [2.75, 3.05) is 26.3 Å². The highest BCUT2D eigenvalue weighted by atomic mass is 32.1. The number of amides is 1. The Balaban J connectivity index is 1.55. The van der Waals surface area contributed by atoms with Crippen LogP contribution < -0.4 is 0 Å². The number of aromatic nitrogens is 2. The van der Waals surface area contributed by atoms with Crippen LogP contribution in [0.1, 0.15) is 12.2 Å². The summed E-state index contributed by atoms with van der Waals surface area (Å²) >= 11 is 1.69. The third-order valence-corrected chi connectivity index (χ3v) is 5.23. The van der Waals surface area contributed by atoms with Crippen LogP contribution in [0.25, 0.3) is 11.3 Å². The Morgan fingerprint density at radius 1 is 1.36 bits per heavy atom. The number of carbonyl (C=O) groups is 1. The van der Waals surface area contributed by atoms with Gasteiger partial charge in [-0.1, -0.05) is 0 Å². The molecular formula is C16H19N3O2S. The van der Waals surface area contributed by atoms with Gasteiger partial charge in [-0.15, -0.1) is 0 Å². The molecule has 22 heavy (non-hydrogen) atoms. The fourth-order valence-corrected chi connectivity index (χ4v) is 3.97. The number of ether oxygens (including phenoxy) is 1. The van der Waals surface area contributed by atoms with E-state index in [2.05, 4.69) is 26.4 Å². The van der Waals surface area contributed by atoms with E-state index in [1.165, 1.54) is 5.56 Å². The maximum absolute atomic E-state index is 12.7. The molecule has 2 aliphatic heterocycles. The average Bonchev–Trinajstić information content (AvgIpc) is 3.23. The minimum Gasteiger partial charge on any atom is -0.378 e. The van der Waals surface area contributed by atoms with Crippen molar-refractivity contribution in [3.63, 3.8) is 0 Å². The molecule has 0 N–H and O–H groups in total. The number of hydrogen-bond acceptors (Lipinski definition) is 4. The molecule has 0 aliphatic carbocycles. The Morgan fingerprint density at radius 3 is 3.00 bits per heavy atom. The number of hydrogen-bond donors (Lipinski definition) is 0. The first kappa shape index (κ1) is 14.0. The third kappa shape index (κ3) is 2.46. The number of nitrogens with zero attached hydrogens (tertiary/aromatic N) is 3. The van der Waals surface area contributed by atoms with Gasteiger partial charge in [0, 0.05) is 37.0 Å². The van der Waals surface area contributed by atoms with Crippen LogP contribution in [-0.2, 0) is 22.5 Å². The van der Waals surface area contributed by atoms with Gasteiger partial charge < -0.3 is 14.2 Å². The van der Waals surface area contributed by atoms with Crippen molar-refractivity contribution in [2.24, 2.45) is 5.92 Å². The molecule has 1 amide bonds. The molecule has 2 aromatic heterocycles. The van der Waals surface area contributed by atoms with E-state index in [1.54, 1.807) is 11.3 Å². The second-order valence-electron chi connectivity index (χ2n) is 5.86. The molecule has 2 aromatic rings. The van der Waals surface area contributed by atoms with Crippen LogP contribution in [-0.4, -0.2) is 46.7 Å². The van der Waals surface area contributed by atoms with Crippen molar-refractivity contribution in [3.8, 4) is 11.3 Å². The second-order valence-corrected chi connectivity index (χ2v) is 6.64. The summed E-state index contributed by atoms with van der Waals surface area (Å²) in [5.41, 5.74) is 2.33. The Bertz CT molecular complexity index is 659. The molecule has 1 fully saturated rings. The summed E-state index contributed by atoms with van der Waals surface area (Å²) in [7, 11) is 0. The molecule has 5 nitrogen and oxygen atoms in total. The van der Waals surface area contributed by atoms with Crippen LogP contribution in [0.15, 0.2) is 23.0 Å². The maximum atomic E-state index is 12.7. The second kappa shape index (κ2) is 5.85. The van der Waals surface area contributed by atoms with Gasteiger partial charge in [0.1, 0.15) is 5.82 Å². The van der Waals surface area contributed by atoms with Crippen molar-refractivity contribution >= 4 is 17.2 Å². The molecule has 4 heterocycles. The molecule has 0 bridgehead atoms. The van der Waals surface area contributed by atoms with Crippen LogP contribution in [0.5, 0.6) is 0 Å². The van der Waals surface area contributed by atoms with Crippen LogP contribution in [0.2, 0.25) is 0 Å². The predicted octanol–water partition coefficient (Wildman–Crippen LogP) is 2.03. The highest BCUT2D eigenvalue weighted by Gasteiger charge is 2.30. The number of thiophene rings is 1. The number of imidazole rings is 1. The lowest BCUT2D eigenvalue weighted by Crippen LogP contribution is -2.45. The molecule has 6 heteroatoms. The number of carbonyl (C=O) groups excluding carboxylic acids is 1. The molecule has 1 unspecified atom stereocenters. The lowest BCUT2D eigenvalue weighted by Gasteiger charge is -2.32. The van der Waals surface area contributed by atoms with Crippen LogP contribution >= 0.6 is 11.3 Å². The predicted molar refractivity (Wildman–Crippen MR) is 84.8 cm³/mol. The highest BCUT2D eigenvalue weighted by molar-refractivity contribution is 7.08. The first-order chi connectivity index (χ1) is 10.8. The number of aryl methyl sites for hydroxylation is 1. The average molecular weight is 317 g/mol. The Labute approximate surface area is 133 Å². The molecule has 0 spiro atoms. The van der Waals surface area contributed by atoms with E-state index in [0.717, 1.165) is 44.0 Å². The van der Waals surface area contributed by atoms with Gasteiger partial charge in [0.25, 0.3) is 0 Å². The van der Waals surface area contributed by atoms with Gasteiger partial charge in [0.05, 0.1) is 31.0 Å². The molecule has 116 valence electrons. The lowest BCUT2D eigenvalue weighted by atomic mass is 9.97. The lowest BCUT2D eigenvalue weighted by molar-refractivity contribution is -0.140.